The summed E-state index contributed by atoms with van der Waals surface area (Å²) in [4.78, 5) is 21.4. The number of rotatable bonds is 4. The fourth-order valence-electron chi connectivity index (χ4n) is 3.25. The molecule has 0 atom stereocenters. The summed E-state index contributed by atoms with van der Waals surface area (Å²) in [6, 6.07) is 17.1. The largest absolute Gasteiger partial charge is 0.336 e. The number of hydrogen-bond donors (Lipinski definition) is 0. The van der Waals surface area contributed by atoms with E-state index < -0.39 is 0 Å². The Kier molecular flexibility index (Phi) is 4.98. The van der Waals surface area contributed by atoms with Crippen LogP contribution in [0.4, 0.5) is 0 Å². The van der Waals surface area contributed by atoms with E-state index in [1.54, 1.807) is 0 Å². The van der Waals surface area contributed by atoms with E-state index in [2.05, 4.69) is 22.0 Å². The highest BCUT2D eigenvalue weighted by molar-refractivity contribution is 5.94. The molecule has 4 rings (SSSR count). The van der Waals surface area contributed by atoms with Crippen molar-refractivity contribution in [2.75, 3.05) is 32.7 Å². The Labute approximate surface area is 158 Å². The van der Waals surface area contributed by atoms with Gasteiger partial charge in [0, 0.05) is 42.9 Å². The monoisotopic (exact) mass is 362 g/mol. The number of hydrogen-bond acceptors (Lipinski definition) is 5. The molecule has 27 heavy (non-hydrogen) atoms. The highest BCUT2D eigenvalue weighted by atomic mass is 16.5. The maximum Gasteiger partial charge on any atom is 0.258 e. The molecule has 0 aliphatic carbocycles. The molecule has 1 fully saturated rings. The van der Waals surface area contributed by atoms with Gasteiger partial charge in [-0.2, -0.15) is 4.98 Å². The van der Waals surface area contributed by atoms with Gasteiger partial charge in [0.2, 0.25) is 5.82 Å². The lowest BCUT2D eigenvalue weighted by Gasteiger charge is -2.34. The Bertz CT molecular complexity index is 897. The fourth-order valence-corrected chi connectivity index (χ4v) is 3.25. The molecule has 2 aromatic carbocycles. The van der Waals surface area contributed by atoms with Crippen molar-refractivity contribution in [2.45, 2.75) is 6.92 Å². The first kappa shape index (κ1) is 17.4. The van der Waals surface area contributed by atoms with Crippen molar-refractivity contribution in [3.05, 3.63) is 60.2 Å². The zero-order valence-electron chi connectivity index (χ0n) is 15.3. The molecule has 1 amide bonds. The van der Waals surface area contributed by atoms with Gasteiger partial charge in [-0.1, -0.05) is 42.4 Å². The van der Waals surface area contributed by atoms with E-state index >= 15 is 0 Å². The van der Waals surface area contributed by atoms with Crippen molar-refractivity contribution in [1.29, 1.82) is 0 Å². The first-order chi connectivity index (χ1) is 13.2. The lowest BCUT2D eigenvalue weighted by atomic mass is 10.1. The molecule has 1 aliphatic heterocycles. The van der Waals surface area contributed by atoms with Crippen LogP contribution in [0.5, 0.6) is 0 Å². The molecule has 0 N–H and O–H groups in total. The van der Waals surface area contributed by atoms with Crippen LogP contribution >= 0.6 is 0 Å². The quantitative estimate of drug-likeness (QED) is 0.713. The minimum absolute atomic E-state index is 0.0767. The Morgan fingerprint density at radius 2 is 1.67 bits per heavy atom. The van der Waals surface area contributed by atoms with Crippen LogP contribution < -0.4 is 0 Å². The van der Waals surface area contributed by atoms with Gasteiger partial charge in [-0.05, 0) is 30.8 Å². The van der Waals surface area contributed by atoms with Crippen LogP contribution in [0.15, 0.2) is 59.1 Å². The fraction of sp³-hybridized carbons (Fsp3) is 0.286. The zero-order valence-corrected chi connectivity index (χ0v) is 15.3. The predicted molar refractivity (Wildman–Crippen MR) is 103 cm³/mol. The summed E-state index contributed by atoms with van der Waals surface area (Å²) in [5, 5.41) is 4.04. The first-order valence-electron chi connectivity index (χ1n) is 9.26. The van der Waals surface area contributed by atoms with Crippen molar-refractivity contribution in [3.8, 4) is 22.8 Å². The number of aromatic nitrogens is 2. The molecular formula is C21H22N4O2. The van der Waals surface area contributed by atoms with Crippen LogP contribution in [-0.4, -0.2) is 58.6 Å². The van der Waals surface area contributed by atoms with Crippen molar-refractivity contribution in [3.63, 3.8) is 0 Å². The molecule has 0 bridgehead atoms. The Hall–Kier alpha value is -2.99. The molecule has 1 aromatic heterocycles. The van der Waals surface area contributed by atoms with E-state index in [9.17, 15) is 4.79 Å². The summed E-state index contributed by atoms with van der Waals surface area (Å²) in [5.41, 5.74) is 2.40. The van der Waals surface area contributed by atoms with Crippen molar-refractivity contribution < 1.29 is 9.32 Å². The molecule has 3 aromatic rings. The maximum absolute atomic E-state index is 12.7. The Morgan fingerprint density at radius 3 is 2.33 bits per heavy atom. The predicted octanol–water partition coefficient (Wildman–Crippen LogP) is 3.18. The molecule has 1 saturated heterocycles. The van der Waals surface area contributed by atoms with Gasteiger partial charge < -0.3 is 14.3 Å². The number of piperazine rings is 1. The van der Waals surface area contributed by atoms with Crippen LogP contribution in [0.25, 0.3) is 22.8 Å². The van der Waals surface area contributed by atoms with Gasteiger partial charge in [0.25, 0.3) is 11.8 Å². The highest BCUT2D eigenvalue weighted by Crippen LogP contribution is 2.22. The highest BCUT2D eigenvalue weighted by Gasteiger charge is 2.21. The number of likely N-dealkylation sites (N-methyl/N-ethyl adjacent to an activating group) is 1. The van der Waals surface area contributed by atoms with Gasteiger partial charge >= 0.3 is 0 Å². The average Bonchev–Trinajstić information content (AvgIpc) is 3.24. The topological polar surface area (TPSA) is 62.5 Å². The summed E-state index contributed by atoms with van der Waals surface area (Å²) >= 11 is 0. The normalized spacial score (nSPS) is 15.1. The molecule has 0 unspecified atom stereocenters. The second-order valence-electron chi connectivity index (χ2n) is 6.59. The third-order valence-electron chi connectivity index (χ3n) is 4.94. The molecular weight excluding hydrogens is 340 g/mol. The van der Waals surface area contributed by atoms with E-state index in [1.165, 1.54) is 0 Å². The number of nitrogens with zero attached hydrogens (tertiary/aromatic N) is 4. The third-order valence-corrected chi connectivity index (χ3v) is 4.94. The number of amides is 1. The summed E-state index contributed by atoms with van der Waals surface area (Å²) in [6.45, 7) is 6.61. The van der Waals surface area contributed by atoms with Crippen molar-refractivity contribution in [1.82, 2.24) is 19.9 Å². The minimum Gasteiger partial charge on any atom is -0.336 e. The lowest BCUT2D eigenvalue weighted by Crippen LogP contribution is -2.48. The average molecular weight is 362 g/mol. The molecule has 0 spiro atoms. The second-order valence-corrected chi connectivity index (χ2v) is 6.59. The molecule has 138 valence electrons. The number of carbonyl (C=O) groups is 1. The smallest absolute Gasteiger partial charge is 0.258 e. The summed E-state index contributed by atoms with van der Waals surface area (Å²) in [7, 11) is 0. The second kappa shape index (κ2) is 7.72. The van der Waals surface area contributed by atoms with Crippen molar-refractivity contribution in [2.24, 2.45) is 0 Å². The minimum atomic E-state index is 0.0767. The Balaban J connectivity index is 1.46. The number of carbonyl (C=O) groups excluding carboxylic acids is 1. The maximum atomic E-state index is 12.7. The molecule has 6 nitrogen and oxygen atoms in total. The van der Waals surface area contributed by atoms with Crippen LogP contribution in [0, 0.1) is 0 Å². The molecule has 0 saturated carbocycles. The Morgan fingerprint density at radius 1 is 0.963 bits per heavy atom. The number of benzene rings is 2. The van der Waals surface area contributed by atoms with Gasteiger partial charge in [0.1, 0.15) is 0 Å². The summed E-state index contributed by atoms with van der Waals surface area (Å²) < 4.78 is 5.38. The molecule has 6 heteroatoms. The van der Waals surface area contributed by atoms with Gasteiger partial charge in [0.15, 0.2) is 0 Å². The standard InChI is InChI=1S/C21H22N4O2/c1-2-24-12-14-25(15-13-24)21(26)18-10-8-17(9-11-18)20-22-19(23-27-20)16-6-4-3-5-7-16/h3-11H,2,12-15H2,1H3. The summed E-state index contributed by atoms with van der Waals surface area (Å²) in [5.74, 6) is 1.08. The van der Waals surface area contributed by atoms with E-state index in [1.807, 2.05) is 59.5 Å². The van der Waals surface area contributed by atoms with Gasteiger partial charge in [0.05, 0.1) is 0 Å². The van der Waals surface area contributed by atoms with Crippen LogP contribution in [0.1, 0.15) is 17.3 Å². The third kappa shape index (κ3) is 3.75. The molecule has 2 heterocycles. The lowest BCUT2D eigenvalue weighted by molar-refractivity contribution is 0.0643. The van der Waals surface area contributed by atoms with Gasteiger partial charge in [-0.25, -0.2) is 0 Å². The van der Waals surface area contributed by atoms with E-state index in [0.29, 0.717) is 17.3 Å². The first-order valence-corrected chi connectivity index (χ1v) is 9.26. The summed E-state index contributed by atoms with van der Waals surface area (Å²) in [6.07, 6.45) is 0. The van der Waals surface area contributed by atoms with E-state index in [0.717, 1.165) is 43.9 Å². The zero-order chi connectivity index (χ0) is 18.6. The van der Waals surface area contributed by atoms with E-state index in [-0.39, 0.29) is 5.91 Å². The van der Waals surface area contributed by atoms with Crippen LogP contribution in [0.3, 0.4) is 0 Å². The van der Waals surface area contributed by atoms with Crippen LogP contribution in [-0.2, 0) is 0 Å². The van der Waals surface area contributed by atoms with Gasteiger partial charge in [-0.15, -0.1) is 0 Å². The molecule has 1 aliphatic rings. The van der Waals surface area contributed by atoms with E-state index in [4.69, 9.17) is 4.52 Å². The van der Waals surface area contributed by atoms with Crippen LogP contribution in [0.2, 0.25) is 0 Å². The molecule has 0 radical (unpaired) electrons. The van der Waals surface area contributed by atoms with Gasteiger partial charge in [-0.3, -0.25) is 4.79 Å². The van der Waals surface area contributed by atoms with Crippen molar-refractivity contribution >= 4 is 5.91 Å². The SMILES string of the molecule is CCN1CCN(C(=O)c2ccc(-c3nc(-c4ccccc4)no3)cc2)CC1.